The normalized spacial score (nSPS) is 11.5. The van der Waals surface area contributed by atoms with E-state index >= 15 is 0 Å². The van der Waals surface area contributed by atoms with Crippen molar-refractivity contribution in [3.05, 3.63) is 83.3 Å². The summed E-state index contributed by atoms with van der Waals surface area (Å²) in [6.07, 6.45) is -1.52. The highest BCUT2D eigenvalue weighted by Gasteiger charge is 2.32. The van der Waals surface area contributed by atoms with Crippen LogP contribution in [0.2, 0.25) is 0 Å². The fourth-order valence-electron chi connectivity index (χ4n) is 2.45. The molecule has 0 spiro atoms. The van der Waals surface area contributed by atoms with Gasteiger partial charge in [0.2, 0.25) is 0 Å². The Morgan fingerprint density at radius 3 is 2.20 bits per heavy atom. The molecule has 0 aliphatic heterocycles. The molecule has 0 atom stereocenters. The molecular formula is C19H18F3NO2. The van der Waals surface area contributed by atoms with Gasteiger partial charge in [-0.25, -0.2) is 0 Å². The van der Waals surface area contributed by atoms with Crippen LogP contribution in [0.15, 0.2) is 66.6 Å². The predicted molar refractivity (Wildman–Crippen MR) is 91.7 cm³/mol. The van der Waals surface area contributed by atoms with Gasteiger partial charge in [0.05, 0.1) is 5.56 Å². The van der Waals surface area contributed by atoms with Crippen LogP contribution in [-0.2, 0) is 6.18 Å². The van der Waals surface area contributed by atoms with Crippen LogP contribution in [0.3, 0.4) is 0 Å². The van der Waals surface area contributed by atoms with E-state index in [0.29, 0.717) is 5.56 Å². The van der Waals surface area contributed by atoms with Gasteiger partial charge >= 0.3 is 6.18 Å². The average Bonchev–Trinajstić information content (AvgIpc) is 2.55. The maximum Gasteiger partial charge on any atom is 0.416 e. The quantitative estimate of drug-likeness (QED) is 0.739. The number of hydrogen-bond donors (Lipinski definition) is 2. The minimum absolute atomic E-state index is 0.0573. The number of halogens is 3. The van der Waals surface area contributed by atoms with Crippen LogP contribution in [0.1, 0.15) is 16.7 Å². The summed E-state index contributed by atoms with van der Waals surface area (Å²) in [6.45, 7) is 0.195. The van der Waals surface area contributed by atoms with Gasteiger partial charge in [-0.2, -0.15) is 13.2 Å². The van der Waals surface area contributed by atoms with Crippen molar-refractivity contribution >= 4 is 11.8 Å². The molecule has 2 aromatic rings. The van der Waals surface area contributed by atoms with Crippen LogP contribution in [0.25, 0.3) is 11.8 Å². The molecule has 0 radical (unpaired) electrons. The third-order valence-corrected chi connectivity index (χ3v) is 3.58. The summed E-state index contributed by atoms with van der Waals surface area (Å²) >= 11 is 0. The number of aliphatic hydroxyl groups excluding tert-OH is 1. The first-order valence-electron chi connectivity index (χ1n) is 7.52. The van der Waals surface area contributed by atoms with Gasteiger partial charge in [-0.15, -0.1) is 0 Å². The fourth-order valence-corrected chi connectivity index (χ4v) is 2.45. The van der Waals surface area contributed by atoms with E-state index in [9.17, 15) is 23.4 Å². The zero-order valence-corrected chi connectivity index (χ0v) is 13.5. The lowest BCUT2D eigenvalue weighted by atomic mass is 10.1. The summed E-state index contributed by atoms with van der Waals surface area (Å²) in [7, 11) is 1.62. The molecule has 0 heterocycles. The molecule has 0 aromatic heterocycles. The van der Waals surface area contributed by atoms with Gasteiger partial charge < -0.3 is 15.1 Å². The number of benzene rings is 2. The van der Waals surface area contributed by atoms with Crippen molar-refractivity contribution in [1.29, 1.82) is 0 Å². The molecule has 132 valence electrons. The molecule has 0 aliphatic rings. The minimum Gasteiger partial charge on any atom is -0.480 e. The third kappa shape index (κ3) is 4.79. The van der Waals surface area contributed by atoms with E-state index in [1.165, 1.54) is 35.3 Å². The van der Waals surface area contributed by atoms with Gasteiger partial charge in [0.15, 0.2) is 0 Å². The molecule has 6 heteroatoms. The first-order valence-corrected chi connectivity index (χ1v) is 7.52. The van der Waals surface area contributed by atoms with Crippen molar-refractivity contribution < 1.29 is 23.4 Å². The lowest BCUT2D eigenvalue weighted by Gasteiger charge is -2.21. The number of likely N-dealkylation sites (N-methyl/N-ethyl adjacent to an activating group) is 1. The van der Waals surface area contributed by atoms with Gasteiger partial charge in [0.25, 0.3) is 5.95 Å². The molecule has 0 fully saturated rings. The number of hydrogen-bond acceptors (Lipinski definition) is 3. The second-order valence-electron chi connectivity index (χ2n) is 5.41. The number of nitrogens with zero attached hydrogens (tertiary/aromatic N) is 1. The van der Waals surface area contributed by atoms with Gasteiger partial charge in [0, 0.05) is 19.2 Å². The van der Waals surface area contributed by atoms with E-state index in [1.54, 1.807) is 37.4 Å². The number of alkyl halides is 3. The Hall–Kier alpha value is -2.89. The first-order chi connectivity index (χ1) is 11.8. The summed E-state index contributed by atoms with van der Waals surface area (Å²) in [5.41, 5.74) is 0.128. The maximum atomic E-state index is 13.0. The molecule has 2 aromatic carbocycles. The van der Waals surface area contributed by atoms with E-state index in [1.807, 2.05) is 0 Å². The van der Waals surface area contributed by atoms with Crippen molar-refractivity contribution in [2.24, 2.45) is 0 Å². The molecule has 25 heavy (non-hydrogen) atoms. The zero-order valence-electron chi connectivity index (χ0n) is 13.5. The Morgan fingerprint density at radius 2 is 1.60 bits per heavy atom. The van der Waals surface area contributed by atoms with Crippen molar-refractivity contribution in [2.45, 2.75) is 6.18 Å². The molecular weight excluding hydrogens is 331 g/mol. The lowest BCUT2D eigenvalue weighted by Crippen LogP contribution is -2.18. The van der Waals surface area contributed by atoms with Gasteiger partial charge in [-0.1, -0.05) is 60.7 Å². The molecule has 0 unspecified atom stereocenters. The van der Waals surface area contributed by atoms with Crippen molar-refractivity contribution in [1.82, 2.24) is 4.90 Å². The van der Waals surface area contributed by atoms with Gasteiger partial charge in [-0.05, 0) is 11.6 Å². The Bertz CT molecular complexity index is 764. The second-order valence-corrected chi connectivity index (χ2v) is 5.41. The Balaban J connectivity index is 2.18. The van der Waals surface area contributed by atoms with E-state index in [-0.39, 0.29) is 17.8 Å². The topological polar surface area (TPSA) is 43.7 Å². The van der Waals surface area contributed by atoms with E-state index in [0.717, 1.165) is 6.07 Å². The molecule has 3 nitrogen and oxygen atoms in total. The Kier molecular flexibility index (Phi) is 5.75. The number of rotatable bonds is 5. The van der Waals surface area contributed by atoms with Crippen LogP contribution in [-0.4, -0.2) is 28.7 Å². The summed E-state index contributed by atoms with van der Waals surface area (Å²) < 4.78 is 38.9. The van der Waals surface area contributed by atoms with Crippen LogP contribution in [0.4, 0.5) is 13.2 Å². The van der Waals surface area contributed by atoms with Crippen LogP contribution < -0.4 is 0 Å². The van der Waals surface area contributed by atoms with Crippen molar-refractivity contribution in [3.63, 3.8) is 0 Å². The molecule has 0 saturated carbocycles. The monoisotopic (exact) mass is 349 g/mol. The van der Waals surface area contributed by atoms with Crippen LogP contribution in [0.5, 0.6) is 0 Å². The zero-order chi connectivity index (χ0) is 18.4. The lowest BCUT2D eigenvalue weighted by molar-refractivity contribution is -0.137. The minimum atomic E-state index is -4.43. The SMILES string of the molecule is CN(C/C=C/c1ccccc1C(F)(F)F)C(=C(O)O)c1ccccc1. The molecule has 0 aliphatic carbocycles. The third-order valence-electron chi connectivity index (χ3n) is 3.58. The Morgan fingerprint density at radius 1 is 1.00 bits per heavy atom. The fraction of sp³-hybridized carbons (Fsp3) is 0.158. The van der Waals surface area contributed by atoms with Crippen LogP contribution in [0, 0.1) is 0 Å². The smallest absolute Gasteiger partial charge is 0.416 e. The average molecular weight is 349 g/mol. The van der Waals surface area contributed by atoms with E-state index < -0.39 is 17.7 Å². The summed E-state index contributed by atoms with van der Waals surface area (Å²) in [4.78, 5) is 1.54. The molecule has 2 rings (SSSR count). The Labute approximate surface area is 144 Å². The summed E-state index contributed by atoms with van der Waals surface area (Å²) in [5, 5.41) is 19.0. The predicted octanol–water partition coefficient (Wildman–Crippen LogP) is 5.09. The van der Waals surface area contributed by atoms with Crippen LogP contribution >= 0.6 is 0 Å². The molecule has 0 saturated heterocycles. The van der Waals surface area contributed by atoms with Gasteiger partial charge in [0.1, 0.15) is 5.70 Å². The highest BCUT2D eigenvalue weighted by molar-refractivity contribution is 5.64. The summed E-state index contributed by atoms with van der Waals surface area (Å²) in [6, 6.07) is 14.0. The van der Waals surface area contributed by atoms with E-state index in [4.69, 9.17) is 0 Å². The van der Waals surface area contributed by atoms with Crippen molar-refractivity contribution in [2.75, 3.05) is 13.6 Å². The number of aliphatic hydroxyl groups is 2. The first kappa shape index (κ1) is 18.4. The highest BCUT2D eigenvalue weighted by atomic mass is 19.4. The molecule has 0 bridgehead atoms. The van der Waals surface area contributed by atoms with E-state index in [2.05, 4.69) is 0 Å². The largest absolute Gasteiger partial charge is 0.480 e. The molecule has 0 amide bonds. The highest BCUT2D eigenvalue weighted by Crippen LogP contribution is 2.32. The summed E-state index contributed by atoms with van der Waals surface area (Å²) in [5.74, 6) is -0.849. The van der Waals surface area contributed by atoms with Gasteiger partial charge in [-0.3, -0.25) is 0 Å². The maximum absolute atomic E-state index is 13.0. The van der Waals surface area contributed by atoms with Crippen molar-refractivity contribution in [3.8, 4) is 0 Å². The second kappa shape index (κ2) is 7.79. The standard InChI is InChI=1S/C19H18F3NO2/c1-23(17(18(24)25)15-9-3-2-4-10-15)13-7-11-14-8-5-6-12-16(14)19(20,21)22/h2-12,24-25H,13H2,1H3/b11-7+. The molecule has 2 N–H and O–H groups in total.